The number of methoxy groups -OCH3 is 1. The van der Waals surface area contributed by atoms with Gasteiger partial charge < -0.3 is 14.8 Å². The molecular weight excluding hydrogens is 437 g/mol. The van der Waals surface area contributed by atoms with E-state index in [0.29, 0.717) is 18.8 Å². The molecule has 3 rings (SSSR count). The molecular formula is C20H21F3N2O5S. The van der Waals surface area contributed by atoms with E-state index in [1.807, 2.05) is 0 Å². The lowest BCUT2D eigenvalue weighted by atomic mass is 10.1. The smallest absolute Gasteiger partial charge is 0.416 e. The SMILES string of the molecule is COc1ccc(S(=O)(=O)N2CCOCC2)cc1NC(=O)Cc1ccc(C(F)(F)F)cc1. The van der Waals surface area contributed by atoms with Gasteiger partial charge in [-0.2, -0.15) is 17.5 Å². The Hall–Kier alpha value is -2.63. The summed E-state index contributed by atoms with van der Waals surface area (Å²) in [4.78, 5) is 12.4. The minimum Gasteiger partial charge on any atom is -0.495 e. The molecule has 0 aromatic heterocycles. The lowest BCUT2D eigenvalue weighted by Gasteiger charge is -2.26. The lowest BCUT2D eigenvalue weighted by molar-refractivity contribution is -0.137. The fourth-order valence-electron chi connectivity index (χ4n) is 3.07. The first-order chi connectivity index (χ1) is 14.6. The summed E-state index contributed by atoms with van der Waals surface area (Å²) in [6, 6.07) is 8.36. The van der Waals surface area contributed by atoms with Gasteiger partial charge in [0.05, 0.1) is 42.9 Å². The van der Waals surface area contributed by atoms with E-state index in [0.717, 1.165) is 12.1 Å². The highest BCUT2D eigenvalue weighted by Crippen LogP contribution is 2.30. The minimum atomic E-state index is -4.46. The van der Waals surface area contributed by atoms with E-state index in [-0.39, 0.29) is 35.8 Å². The number of halogens is 3. The standard InChI is InChI=1S/C20H21F3N2O5S/c1-29-18-7-6-16(31(27,28)25-8-10-30-11-9-25)13-17(18)24-19(26)12-14-2-4-15(5-3-14)20(21,22)23/h2-7,13H,8-12H2,1H3,(H,24,26). The number of sulfonamides is 1. The van der Waals surface area contributed by atoms with Crippen LogP contribution in [0.2, 0.25) is 0 Å². The molecule has 11 heteroatoms. The van der Waals surface area contributed by atoms with Crippen molar-refractivity contribution in [1.29, 1.82) is 0 Å². The Bertz CT molecular complexity index is 1030. The highest BCUT2D eigenvalue weighted by Gasteiger charge is 2.30. The molecule has 1 aliphatic heterocycles. The van der Waals surface area contributed by atoms with Crippen LogP contribution in [0.3, 0.4) is 0 Å². The summed E-state index contributed by atoms with van der Waals surface area (Å²) >= 11 is 0. The number of carbonyl (C=O) groups excluding carboxylic acids is 1. The van der Waals surface area contributed by atoms with Crippen LogP contribution in [0, 0.1) is 0 Å². The van der Waals surface area contributed by atoms with Gasteiger partial charge >= 0.3 is 6.18 Å². The third-order valence-electron chi connectivity index (χ3n) is 4.70. The van der Waals surface area contributed by atoms with Crippen molar-refractivity contribution in [3.63, 3.8) is 0 Å². The van der Waals surface area contributed by atoms with Gasteiger partial charge in [0.15, 0.2) is 0 Å². The number of hydrogen-bond donors (Lipinski definition) is 1. The van der Waals surface area contributed by atoms with E-state index in [1.54, 1.807) is 0 Å². The molecule has 2 aromatic rings. The van der Waals surface area contributed by atoms with Gasteiger partial charge in [-0.25, -0.2) is 8.42 Å². The Kier molecular flexibility index (Phi) is 6.87. The maximum atomic E-state index is 12.9. The summed E-state index contributed by atoms with van der Waals surface area (Å²) in [7, 11) is -2.41. The number of nitrogens with zero attached hydrogens (tertiary/aromatic N) is 1. The largest absolute Gasteiger partial charge is 0.495 e. The molecule has 0 bridgehead atoms. The summed E-state index contributed by atoms with van der Waals surface area (Å²) in [6.45, 7) is 1.05. The maximum Gasteiger partial charge on any atom is 0.416 e. The maximum absolute atomic E-state index is 12.9. The highest BCUT2D eigenvalue weighted by molar-refractivity contribution is 7.89. The number of amides is 1. The van der Waals surface area contributed by atoms with Crippen molar-refractivity contribution in [3.05, 3.63) is 53.6 Å². The number of anilines is 1. The lowest BCUT2D eigenvalue weighted by Crippen LogP contribution is -2.40. The molecule has 31 heavy (non-hydrogen) atoms. The van der Waals surface area contributed by atoms with Crippen molar-refractivity contribution in [3.8, 4) is 5.75 Å². The van der Waals surface area contributed by atoms with Crippen molar-refractivity contribution in [2.45, 2.75) is 17.5 Å². The fourth-order valence-corrected chi connectivity index (χ4v) is 4.51. The predicted octanol–water partition coefficient (Wildman–Crippen LogP) is 2.92. The topological polar surface area (TPSA) is 84.9 Å². The summed E-state index contributed by atoms with van der Waals surface area (Å²) in [5, 5.41) is 2.58. The van der Waals surface area contributed by atoms with Crippen LogP contribution >= 0.6 is 0 Å². The summed E-state index contributed by atoms with van der Waals surface area (Å²) < 4.78 is 75.4. The van der Waals surface area contributed by atoms with Crippen LogP contribution in [0.1, 0.15) is 11.1 Å². The van der Waals surface area contributed by atoms with Gasteiger partial charge in [-0.1, -0.05) is 12.1 Å². The van der Waals surface area contributed by atoms with Crippen LogP contribution in [-0.4, -0.2) is 52.0 Å². The molecule has 1 N–H and O–H groups in total. The molecule has 7 nitrogen and oxygen atoms in total. The predicted molar refractivity (Wildman–Crippen MR) is 106 cm³/mol. The molecule has 1 saturated heterocycles. The number of rotatable bonds is 6. The molecule has 0 atom stereocenters. The number of morpholine rings is 1. The van der Waals surface area contributed by atoms with Gasteiger partial charge in [0.25, 0.3) is 0 Å². The van der Waals surface area contributed by atoms with E-state index < -0.39 is 27.7 Å². The Balaban J connectivity index is 1.77. The number of alkyl halides is 3. The number of hydrogen-bond acceptors (Lipinski definition) is 5. The molecule has 1 heterocycles. The summed E-state index contributed by atoms with van der Waals surface area (Å²) in [6.07, 6.45) is -4.65. The zero-order chi connectivity index (χ0) is 22.6. The highest BCUT2D eigenvalue weighted by atomic mass is 32.2. The molecule has 168 valence electrons. The van der Waals surface area contributed by atoms with Gasteiger partial charge in [0.1, 0.15) is 5.75 Å². The number of benzene rings is 2. The van der Waals surface area contributed by atoms with Gasteiger partial charge in [-0.05, 0) is 35.9 Å². The number of nitrogens with one attached hydrogen (secondary N) is 1. The molecule has 1 aliphatic rings. The first-order valence-electron chi connectivity index (χ1n) is 9.33. The van der Waals surface area contributed by atoms with E-state index in [4.69, 9.17) is 9.47 Å². The third kappa shape index (κ3) is 5.54. The second kappa shape index (κ2) is 9.25. The minimum absolute atomic E-state index is 0.0139. The fraction of sp³-hybridized carbons (Fsp3) is 0.350. The zero-order valence-electron chi connectivity index (χ0n) is 16.6. The Morgan fingerprint density at radius 3 is 2.35 bits per heavy atom. The number of ether oxygens (including phenoxy) is 2. The first-order valence-corrected chi connectivity index (χ1v) is 10.8. The molecule has 0 saturated carbocycles. The number of carbonyl (C=O) groups is 1. The summed E-state index contributed by atoms with van der Waals surface area (Å²) in [5.41, 5.74) is -0.283. The van der Waals surface area contributed by atoms with Crippen LogP contribution in [0.25, 0.3) is 0 Å². The van der Waals surface area contributed by atoms with Crippen molar-refractivity contribution in [2.75, 3.05) is 38.7 Å². The second-order valence-corrected chi connectivity index (χ2v) is 8.74. The van der Waals surface area contributed by atoms with Gasteiger partial charge in [-0.3, -0.25) is 4.79 Å². The van der Waals surface area contributed by atoms with Crippen molar-refractivity contribution >= 4 is 21.6 Å². The van der Waals surface area contributed by atoms with E-state index in [2.05, 4.69) is 5.32 Å². The average Bonchev–Trinajstić information content (AvgIpc) is 2.74. The van der Waals surface area contributed by atoms with Crippen LogP contribution in [0.15, 0.2) is 47.4 Å². The first kappa shape index (κ1) is 23.0. The van der Waals surface area contributed by atoms with Gasteiger partial charge in [0.2, 0.25) is 15.9 Å². The van der Waals surface area contributed by atoms with Crippen molar-refractivity contribution < 1.29 is 35.9 Å². The summed E-state index contributed by atoms with van der Waals surface area (Å²) in [5.74, 6) is -0.277. The Labute approximate surface area is 177 Å². The zero-order valence-corrected chi connectivity index (χ0v) is 17.4. The van der Waals surface area contributed by atoms with Crippen LogP contribution in [-0.2, 0) is 32.2 Å². The Morgan fingerprint density at radius 2 is 1.77 bits per heavy atom. The molecule has 0 spiro atoms. The van der Waals surface area contributed by atoms with Crippen molar-refractivity contribution in [1.82, 2.24) is 4.31 Å². The molecule has 1 amide bonds. The van der Waals surface area contributed by atoms with Gasteiger partial charge in [0, 0.05) is 13.1 Å². The van der Waals surface area contributed by atoms with E-state index in [9.17, 15) is 26.4 Å². The van der Waals surface area contributed by atoms with E-state index >= 15 is 0 Å². The van der Waals surface area contributed by atoms with Crippen LogP contribution < -0.4 is 10.1 Å². The quantitative estimate of drug-likeness (QED) is 0.720. The van der Waals surface area contributed by atoms with Gasteiger partial charge in [-0.15, -0.1) is 0 Å². The molecule has 2 aromatic carbocycles. The Morgan fingerprint density at radius 1 is 1.13 bits per heavy atom. The second-order valence-electron chi connectivity index (χ2n) is 6.80. The molecule has 1 fully saturated rings. The average molecular weight is 458 g/mol. The van der Waals surface area contributed by atoms with Crippen molar-refractivity contribution in [2.24, 2.45) is 0 Å². The third-order valence-corrected chi connectivity index (χ3v) is 6.59. The molecule has 0 unspecified atom stereocenters. The van der Waals surface area contributed by atoms with Crippen LogP contribution in [0.4, 0.5) is 18.9 Å². The molecule has 0 radical (unpaired) electrons. The van der Waals surface area contributed by atoms with Crippen LogP contribution in [0.5, 0.6) is 5.75 Å². The normalized spacial score (nSPS) is 15.5. The molecule has 0 aliphatic carbocycles. The van der Waals surface area contributed by atoms with E-state index in [1.165, 1.54) is 41.7 Å². The monoisotopic (exact) mass is 458 g/mol.